The van der Waals surface area contributed by atoms with Crippen LogP contribution in [0, 0.1) is 12.8 Å². The average molecular weight is 574 g/mol. The molecule has 1 aromatic heterocycles. The minimum absolute atomic E-state index is 0.0845. The van der Waals surface area contributed by atoms with Gasteiger partial charge in [-0.1, -0.05) is 11.6 Å². The first-order chi connectivity index (χ1) is 20.2. The molecule has 2 N–H and O–H groups in total. The van der Waals surface area contributed by atoms with Gasteiger partial charge in [-0.15, -0.1) is 0 Å². The lowest BCUT2D eigenvalue weighted by Crippen LogP contribution is -2.39. The van der Waals surface area contributed by atoms with Crippen molar-refractivity contribution in [3.05, 3.63) is 59.0 Å². The van der Waals surface area contributed by atoms with E-state index in [-0.39, 0.29) is 23.5 Å². The van der Waals surface area contributed by atoms with Gasteiger partial charge in [-0.25, -0.2) is 0 Å². The van der Waals surface area contributed by atoms with Gasteiger partial charge in [0.1, 0.15) is 0 Å². The number of anilines is 1. The number of hydrogen-bond donors (Lipinski definition) is 1. The first-order valence-electron chi connectivity index (χ1n) is 15.6. The Morgan fingerprint density at radius 2 is 1.79 bits per heavy atom. The third kappa shape index (κ3) is 7.10. The molecule has 2 heterocycles. The van der Waals surface area contributed by atoms with Crippen LogP contribution >= 0.6 is 0 Å². The second-order valence-corrected chi connectivity index (χ2v) is 12.5. The highest BCUT2D eigenvalue weighted by Crippen LogP contribution is 2.35. The first kappa shape index (κ1) is 30.4. The zero-order valence-electron chi connectivity index (χ0n) is 25.8. The zero-order chi connectivity index (χ0) is 29.8. The first-order valence-corrected chi connectivity index (χ1v) is 15.6. The summed E-state index contributed by atoms with van der Waals surface area (Å²) < 4.78 is 7.47. The lowest BCUT2D eigenvalue weighted by Gasteiger charge is -2.36. The van der Waals surface area contributed by atoms with Crippen molar-refractivity contribution >= 4 is 17.3 Å². The van der Waals surface area contributed by atoms with E-state index in [9.17, 15) is 9.59 Å². The Morgan fingerprint density at radius 1 is 1.05 bits per heavy atom. The summed E-state index contributed by atoms with van der Waals surface area (Å²) in [5, 5.41) is 4.66. The predicted molar refractivity (Wildman–Crippen MR) is 168 cm³/mol. The molecule has 1 aliphatic heterocycles. The fourth-order valence-electron chi connectivity index (χ4n) is 6.74. The highest BCUT2D eigenvalue weighted by Gasteiger charge is 2.27. The third-order valence-corrected chi connectivity index (χ3v) is 9.44. The van der Waals surface area contributed by atoms with Crippen LogP contribution in [0.2, 0.25) is 0 Å². The summed E-state index contributed by atoms with van der Waals surface area (Å²) in [5.41, 5.74) is 13.1. The van der Waals surface area contributed by atoms with E-state index < -0.39 is 0 Å². The van der Waals surface area contributed by atoms with Crippen molar-refractivity contribution in [3.8, 4) is 11.1 Å². The Bertz CT molecular complexity index is 1340. The van der Waals surface area contributed by atoms with Crippen molar-refractivity contribution in [2.75, 3.05) is 44.8 Å². The number of nitrogens with two attached hydrogens (primary N) is 1. The van der Waals surface area contributed by atoms with Crippen LogP contribution in [0.1, 0.15) is 68.3 Å². The van der Waals surface area contributed by atoms with Crippen molar-refractivity contribution in [1.29, 1.82) is 0 Å². The molecule has 2 fully saturated rings. The van der Waals surface area contributed by atoms with Crippen LogP contribution in [-0.4, -0.2) is 78.2 Å². The quantitative estimate of drug-likeness (QED) is 0.402. The van der Waals surface area contributed by atoms with Crippen molar-refractivity contribution in [2.45, 2.75) is 77.9 Å². The maximum Gasteiger partial charge on any atom is 0.163 e. The Kier molecular flexibility index (Phi) is 9.76. The number of allylic oxidation sites excluding steroid dienone is 4. The number of ether oxygens (including phenoxy) is 1. The Balaban J connectivity index is 1.39. The van der Waals surface area contributed by atoms with Gasteiger partial charge in [0.2, 0.25) is 0 Å². The monoisotopic (exact) mass is 573 g/mol. The summed E-state index contributed by atoms with van der Waals surface area (Å²) >= 11 is 0. The smallest absolute Gasteiger partial charge is 0.163 e. The van der Waals surface area contributed by atoms with E-state index in [1.165, 1.54) is 0 Å². The van der Waals surface area contributed by atoms with Gasteiger partial charge in [-0.2, -0.15) is 5.10 Å². The van der Waals surface area contributed by atoms with Crippen LogP contribution in [0.15, 0.2) is 47.8 Å². The lowest BCUT2D eigenvalue weighted by molar-refractivity contribution is -0.117. The highest BCUT2D eigenvalue weighted by molar-refractivity contribution is 6.01. The van der Waals surface area contributed by atoms with Crippen LogP contribution in [0.4, 0.5) is 5.69 Å². The molecule has 3 aliphatic rings. The Morgan fingerprint density at radius 3 is 2.50 bits per heavy atom. The lowest BCUT2D eigenvalue weighted by atomic mass is 9.84. The van der Waals surface area contributed by atoms with E-state index in [1.54, 1.807) is 6.08 Å². The third-order valence-electron chi connectivity index (χ3n) is 9.44. The Labute approximate surface area is 250 Å². The summed E-state index contributed by atoms with van der Waals surface area (Å²) in [5.74, 6) is -0.0353. The zero-order valence-corrected chi connectivity index (χ0v) is 25.8. The van der Waals surface area contributed by atoms with E-state index in [0.29, 0.717) is 18.9 Å². The van der Waals surface area contributed by atoms with Gasteiger partial charge >= 0.3 is 0 Å². The second kappa shape index (κ2) is 13.5. The summed E-state index contributed by atoms with van der Waals surface area (Å²) in [7, 11) is 2.15. The molecule has 42 heavy (non-hydrogen) atoms. The SMILES string of the molecule is CC1=CC(=O)C(CCC(=O)c2cc(-c3cnn(CCN4CCOCC4)c3)cc(N(C)C3CCC(N)CC3)c2C)C(C)=C1. The van der Waals surface area contributed by atoms with E-state index >= 15 is 0 Å². The fraction of sp³-hybridized carbons (Fsp3) is 0.559. The number of carbonyl (C=O) groups excluding carboxylic acids is 2. The topological polar surface area (TPSA) is 93.7 Å². The molecule has 1 unspecified atom stereocenters. The molecule has 0 radical (unpaired) electrons. The van der Waals surface area contributed by atoms with Crippen molar-refractivity contribution in [2.24, 2.45) is 11.7 Å². The number of morpholine rings is 1. The molecule has 8 nitrogen and oxygen atoms in total. The van der Waals surface area contributed by atoms with Gasteiger partial charge in [-0.3, -0.25) is 19.2 Å². The molecule has 1 atom stereocenters. The van der Waals surface area contributed by atoms with E-state index in [1.807, 2.05) is 30.8 Å². The molecule has 0 spiro atoms. The van der Waals surface area contributed by atoms with Crippen molar-refractivity contribution in [1.82, 2.24) is 14.7 Å². The summed E-state index contributed by atoms with van der Waals surface area (Å²) in [6.07, 6.45) is 12.8. The van der Waals surface area contributed by atoms with Crippen LogP contribution in [0.5, 0.6) is 0 Å². The number of nitrogens with zero attached hydrogens (tertiary/aromatic N) is 4. The maximum atomic E-state index is 13.8. The minimum atomic E-state index is -0.223. The molecule has 1 saturated heterocycles. The number of hydrogen-bond acceptors (Lipinski definition) is 7. The van der Waals surface area contributed by atoms with E-state index in [0.717, 1.165) is 104 Å². The van der Waals surface area contributed by atoms with Crippen LogP contribution < -0.4 is 10.6 Å². The molecule has 0 bridgehead atoms. The van der Waals surface area contributed by atoms with Gasteiger partial charge in [-0.05, 0) is 87.8 Å². The van der Waals surface area contributed by atoms with E-state index in [4.69, 9.17) is 10.5 Å². The molecular weight excluding hydrogens is 526 g/mol. The number of benzene rings is 1. The molecule has 226 valence electrons. The van der Waals surface area contributed by atoms with Crippen LogP contribution in [-0.2, 0) is 16.1 Å². The highest BCUT2D eigenvalue weighted by atomic mass is 16.5. The Hall–Kier alpha value is -3.07. The van der Waals surface area contributed by atoms with Gasteiger partial charge in [0.15, 0.2) is 11.6 Å². The standard InChI is InChI=1S/C34H47N5O3/c1-23-17-24(2)30(34(41)18-23)9-10-33(40)31-19-26(20-32(25(31)3)37(4)29-7-5-28(35)6-8-29)27-21-36-39(22-27)12-11-38-13-15-42-16-14-38/h17-22,28-30H,5-16,35H2,1-4H3. The average Bonchev–Trinajstić information content (AvgIpc) is 3.45. The number of aromatic nitrogens is 2. The molecule has 2 aromatic rings. The van der Waals surface area contributed by atoms with Gasteiger partial charge in [0.25, 0.3) is 0 Å². The number of rotatable bonds is 10. The second-order valence-electron chi connectivity index (χ2n) is 12.5. The summed E-state index contributed by atoms with van der Waals surface area (Å²) in [6, 6.07) is 4.92. The van der Waals surface area contributed by atoms with Gasteiger partial charge in [0, 0.05) is 74.1 Å². The molecule has 5 rings (SSSR count). The van der Waals surface area contributed by atoms with Crippen molar-refractivity contribution in [3.63, 3.8) is 0 Å². The fourth-order valence-corrected chi connectivity index (χ4v) is 6.74. The predicted octanol–water partition coefficient (Wildman–Crippen LogP) is 4.95. The van der Waals surface area contributed by atoms with Crippen molar-refractivity contribution < 1.29 is 14.3 Å². The normalized spacial score (nSPS) is 23.5. The minimum Gasteiger partial charge on any atom is -0.379 e. The molecular formula is C34H47N5O3. The summed E-state index contributed by atoms with van der Waals surface area (Å²) in [4.78, 5) is 31.3. The van der Waals surface area contributed by atoms with Gasteiger partial charge in [0.05, 0.1) is 26.0 Å². The van der Waals surface area contributed by atoms with Crippen LogP contribution in [0.25, 0.3) is 11.1 Å². The van der Waals surface area contributed by atoms with Crippen LogP contribution in [0.3, 0.4) is 0 Å². The van der Waals surface area contributed by atoms with E-state index in [2.05, 4.69) is 47.2 Å². The molecule has 8 heteroatoms. The molecule has 1 saturated carbocycles. The molecule has 2 aliphatic carbocycles. The number of ketones is 2. The summed E-state index contributed by atoms with van der Waals surface area (Å²) in [6.45, 7) is 11.2. The number of Topliss-reactive ketones (excluding diaryl/α,β-unsaturated/α-hetero) is 1. The molecule has 0 amide bonds. The largest absolute Gasteiger partial charge is 0.379 e. The van der Waals surface area contributed by atoms with Gasteiger partial charge < -0.3 is 15.4 Å². The molecule has 1 aromatic carbocycles. The number of carbonyl (C=O) groups is 2. The maximum absolute atomic E-state index is 13.8.